The van der Waals surface area contributed by atoms with E-state index < -0.39 is 5.97 Å². The Kier molecular flexibility index (Phi) is 3.93. The molecule has 0 radical (unpaired) electrons. The van der Waals surface area contributed by atoms with Gasteiger partial charge in [-0.05, 0) is 61.1 Å². The first-order valence-corrected chi connectivity index (χ1v) is 10.7. The van der Waals surface area contributed by atoms with Gasteiger partial charge in [0.15, 0.2) is 5.43 Å². The van der Waals surface area contributed by atoms with E-state index in [1.54, 1.807) is 18.2 Å². The minimum absolute atomic E-state index is 0.124. The number of aromatic carboxylic acids is 1. The first-order chi connectivity index (χ1) is 15.1. The van der Waals surface area contributed by atoms with Gasteiger partial charge in [-0.15, -0.1) is 0 Å². The minimum atomic E-state index is -0.969. The predicted molar refractivity (Wildman–Crippen MR) is 120 cm³/mol. The van der Waals surface area contributed by atoms with E-state index in [0.29, 0.717) is 11.3 Å². The van der Waals surface area contributed by atoms with Gasteiger partial charge in [0.1, 0.15) is 11.3 Å². The van der Waals surface area contributed by atoms with Crippen LogP contribution in [0, 0.1) is 0 Å². The number of carbonyl (C=O) groups is 1. The molecular weight excluding hydrogens is 390 g/mol. The molecule has 5 heteroatoms. The number of fused-ring (bicyclic) bond motifs is 3. The molecule has 2 aromatic carbocycles. The van der Waals surface area contributed by atoms with Gasteiger partial charge < -0.3 is 14.4 Å². The summed E-state index contributed by atoms with van der Waals surface area (Å²) in [5, 5.41) is 10.8. The third kappa shape index (κ3) is 2.69. The predicted octanol–water partition coefficient (Wildman–Crippen LogP) is 4.96. The van der Waals surface area contributed by atoms with Crippen LogP contribution in [-0.4, -0.2) is 24.2 Å². The summed E-state index contributed by atoms with van der Waals surface area (Å²) >= 11 is 0. The molecule has 0 bridgehead atoms. The maximum absolute atomic E-state index is 12.1. The number of anilines is 1. The quantitative estimate of drug-likeness (QED) is 0.472. The van der Waals surface area contributed by atoms with Crippen molar-refractivity contribution in [1.29, 1.82) is 0 Å². The molecule has 1 aliphatic carbocycles. The smallest absolute Gasteiger partial charge is 0.336 e. The maximum atomic E-state index is 12.1. The number of hydrogen-bond acceptors (Lipinski definition) is 4. The highest BCUT2D eigenvalue weighted by Gasteiger charge is 2.30. The van der Waals surface area contributed by atoms with Crippen LogP contribution in [-0.2, 0) is 12.8 Å². The van der Waals surface area contributed by atoms with Crippen LogP contribution in [0.3, 0.4) is 0 Å². The van der Waals surface area contributed by atoms with Gasteiger partial charge in [0.25, 0.3) is 0 Å². The van der Waals surface area contributed by atoms with Crippen molar-refractivity contribution in [2.45, 2.75) is 25.7 Å². The molecule has 0 amide bonds. The Bertz CT molecular complexity index is 1400. The SMILES string of the molecule is O=C(O)c1ccccc1-c1c2ccc(=O)cc-2oc2c3c4c(cc12)CCCN4CCC3. The lowest BCUT2D eigenvalue weighted by Crippen LogP contribution is -2.34. The zero-order valence-electron chi connectivity index (χ0n) is 17.0. The van der Waals surface area contributed by atoms with Gasteiger partial charge in [-0.1, -0.05) is 18.2 Å². The molecule has 0 fully saturated rings. The molecule has 31 heavy (non-hydrogen) atoms. The van der Waals surface area contributed by atoms with Crippen molar-refractivity contribution in [2.24, 2.45) is 0 Å². The van der Waals surface area contributed by atoms with E-state index in [1.807, 2.05) is 12.1 Å². The van der Waals surface area contributed by atoms with Gasteiger partial charge in [-0.3, -0.25) is 4.79 Å². The third-order valence-electron chi connectivity index (χ3n) is 6.60. The number of hydrogen-bond donors (Lipinski definition) is 1. The second-order valence-corrected chi connectivity index (χ2v) is 8.42. The van der Waals surface area contributed by atoms with Crippen molar-refractivity contribution in [3.05, 3.63) is 75.4 Å². The largest absolute Gasteiger partial charge is 0.478 e. The zero-order chi connectivity index (χ0) is 21.1. The topological polar surface area (TPSA) is 70.7 Å². The average molecular weight is 411 g/mol. The lowest BCUT2D eigenvalue weighted by atomic mass is 9.85. The zero-order valence-corrected chi connectivity index (χ0v) is 17.0. The highest BCUT2D eigenvalue weighted by Crippen LogP contribution is 2.47. The van der Waals surface area contributed by atoms with Crippen molar-refractivity contribution >= 4 is 22.6 Å². The third-order valence-corrected chi connectivity index (χ3v) is 6.60. The molecule has 3 aliphatic heterocycles. The van der Waals surface area contributed by atoms with E-state index in [-0.39, 0.29) is 11.0 Å². The summed E-state index contributed by atoms with van der Waals surface area (Å²) in [6, 6.07) is 14.0. The Hall–Kier alpha value is -3.60. The Labute approximate surface area is 178 Å². The molecule has 154 valence electrons. The number of carboxylic acids is 1. The molecule has 1 N–H and O–H groups in total. The molecule has 6 rings (SSSR count). The van der Waals surface area contributed by atoms with Crippen molar-refractivity contribution in [1.82, 2.24) is 0 Å². The summed E-state index contributed by atoms with van der Waals surface area (Å²) in [7, 11) is 0. The van der Waals surface area contributed by atoms with E-state index in [2.05, 4.69) is 11.0 Å². The van der Waals surface area contributed by atoms with Crippen LogP contribution in [0.4, 0.5) is 5.69 Å². The lowest BCUT2D eigenvalue weighted by molar-refractivity contribution is 0.0697. The summed E-state index contributed by atoms with van der Waals surface area (Å²) in [4.78, 5) is 26.6. The molecule has 2 aromatic rings. The number of nitrogens with zero attached hydrogens (tertiary/aromatic N) is 1. The van der Waals surface area contributed by atoms with Gasteiger partial charge in [0.2, 0.25) is 0 Å². The Balaban J connectivity index is 1.81. The fourth-order valence-corrected chi connectivity index (χ4v) is 5.36. The number of benzene rings is 3. The molecule has 0 spiro atoms. The van der Waals surface area contributed by atoms with Crippen LogP contribution in [0.1, 0.15) is 34.3 Å². The fraction of sp³-hybridized carbons (Fsp3) is 0.231. The summed E-state index contributed by atoms with van der Waals surface area (Å²) in [5.74, 6) is -0.470. The minimum Gasteiger partial charge on any atom is -0.478 e. The molecule has 0 aromatic heterocycles. The Morgan fingerprint density at radius 2 is 1.77 bits per heavy atom. The van der Waals surface area contributed by atoms with Gasteiger partial charge in [0.05, 0.1) is 5.56 Å². The van der Waals surface area contributed by atoms with E-state index >= 15 is 0 Å². The van der Waals surface area contributed by atoms with E-state index in [4.69, 9.17) is 4.42 Å². The molecule has 0 saturated heterocycles. The van der Waals surface area contributed by atoms with Gasteiger partial charge in [0, 0.05) is 46.9 Å². The molecule has 0 saturated carbocycles. The van der Waals surface area contributed by atoms with Crippen molar-refractivity contribution in [2.75, 3.05) is 18.0 Å². The summed E-state index contributed by atoms with van der Waals surface area (Å²) in [6.07, 6.45) is 4.10. The van der Waals surface area contributed by atoms with Crippen LogP contribution in [0.15, 0.2) is 57.7 Å². The van der Waals surface area contributed by atoms with Gasteiger partial charge in [-0.25, -0.2) is 4.79 Å². The molecular formula is C26H21NO4. The first kappa shape index (κ1) is 18.2. The van der Waals surface area contributed by atoms with Gasteiger partial charge >= 0.3 is 5.97 Å². The highest BCUT2D eigenvalue weighted by atomic mass is 16.4. The van der Waals surface area contributed by atoms with Gasteiger partial charge in [-0.2, -0.15) is 0 Å². The molecule has 5 nitrogen and oxygen atoms in total. The molecule has 0 atom stereocenters. The van der Waals surface area contributed by atoms with Crippen LogP contribution < -0.4 is 10.3 Å². The summed E-state index contributed by atoms with van der Waals surface area (Å²) in [5.41, 5.74) is 6.91. The molecule has 3 heterocycles. The van der Waals surface area contributed by atoms with Crippen molar-refractivity contribution < 1.29 is 14.3 Å². The lowest BCUT2D eigenvalue weighted by Gasteiger charge is -2.37. The van der Waals surface area contributed by atoms with Crippen LogP contribution in [0.25, 0.3) is 33.4 Å². The number of carboxylic acid groups (broad SMARTS) is 1. The van der Waals surface area contributed by atoms with E-state index in [1.165, 1.54) is 28.9 Å². The van der Waals surface area contributed by atoms with Crippen LogP contribution in [0.5, 0.6) is 0 Å². The Morgan fingerprint density at radius 1 is 0.968 bits per heavy atom. The van der Waals surface area contributed by atoms with Crippen LogP contribution in [0.2, 0.25) is 0 Å². The summed E-state index contributed by atoms with van der Waals surface area (Å²) < 4.78 is 6.39. The molecule has 0 unspecified atom stereocenters. The second-order valence-electron chi connectivity index (χ2n) is 8.42. The second kappa shape index (κ2) is 6.71. The van der Waals surface area contributed by atoms with Crippen molar-refractivity contribution in [3.63, 3.8) is 0 Å². The Morgan fingerprint density at radius 3 is 2.61 bits per heavy atom. The molecule has 4 aliphatic rings. The van der Waals surface area contributed by atoms with Crippen molar-refractivity contribution in [3.8, 4) is 22.5 Å². The highest BCUT2D eigenvalue weighted by molar-refractivity contribution is 6.09. The summed E-state index contributed by atoms with van der Waals surface area (Å²) in [6.45, 7) is 2.11. The number of rotatable bonds is 2. The fourth-order valence-electron chi connectivity index (χ4n) is 5.36. The van der Waals surface area contributed by atoms with E-state index in [9.17, 15) is 14.7 Å². The van der Waals surface area contributed by atoms with Crippen LogP contribution >= 0.6 is 0 Å². The standard InChI is InChI=1S/C26H21NO4/c28-16-9-10-19-22(14-16)31-25-20-8-4-12-27-11-3-5-15(24(20)27)13-21(25)23(19)17-6-1-2-7-18(17)26(29)30/h1-2,6-7,9-10,13-14H,3-5,8,11-12H2,(H,29,30). The number of aryl methyl sites for hydroxylation is 2. The average Bonchev–Trinajstić information content (AvgIpc) is 2.78. The normalized spacial score (nSPS) is 15.3. The maximum Gasteiger partial charge on any atom is 0.336 e. The monoisotopic (exact) mass is 411 g/mol. The first-order valence-electron chi connectivity index (χ1n) is 10.7. The van der Waals surface area contributed by atoms with E-state index in [0.717, 1.165) is 60.9 Å².